The van der Waals surface area contributed by atoms with Gasteiger partial charge in [-0.05, 0) is 29.7 Å². The Morgan fingerprint density at radius 2 is 1.89 bits per heavy atom. The second-order valence-corrected chi connectivity index (χ2v) is 7.51. The Balaban J connectivity index is 1.60. The molecule has 0 N–H and O–H groups in total. The number of thioether (sulfide) groups is 1. The summed E-state index contributed by atoms with van der Waals surface area (Å²) in [5, 5.41) is 12.6. The first-order chi connectivity index (χ1) is 13.5. The number of carbonyl (C=O) groups excluding carboxylic acids is 1. The number of rotatable bonds is 4. The van der Waals surface area contributed by atoms with E-state index in [4.69, 9.17) is 16.6 Å². The number of anilines is 1. The molecule has 0 aliphatic carbocycles. The molecule has 1 amide bonds. The van der Waals surface area contributed by atoms with Crippen molar-refractivity contribution in [3.05, 3.63) is 87.5 Å². The summed E-state index contributed by atoms with van der Waals surface area (Å²) in [7, 11) is 0. The van der Waals surface area contributed by atoms with Crippen molar-refractivity contribution in [3.8, 4) is 0 Å². The highest BCUT2D eigenvalue weighted by atomic mass is 32.2. The normalized spacial score (nSPS) is 16.0. The van der Waals surface area contributed by atoms with Gasteiger partial charge in [0.25, 0.3) is 5.91 Å². The summed E-state index contributed by atoms with van der Waals surface area (Å²) < 4.78 is 5.51. The minimum atomic E-state index is -0.605. The maximum atomic E-state index is 12.9. The summed E-state index contributed by atoms with van der Waals surface area (Å²) >= 11 is 6.63. The number of thiocarbonyl (C=S) groups is 1. The average molecular weight is 408 g/mol. The summed E-state index contributed by atoms with van der Waals surface area (Å²) in [4.78, 5) is 24.9. The molecule has 0 spiro atoms. The van der Waals surface area contributed by atoms with E-state index in [2.05, 4.69) is 0 Å². The first-order valence-electron chi connectivity index (χ1n) is 8.21. The maximum Gasteiger partial charge on any atom is 0.433 e. The van der Waals surface area contributed by atoms with Crippen LogP contribution < -0.4 is 4.90 Å². The third-order valence-corrected chi connectivity index (χ3v) is 5.42. The molecular weight excluding hydrogens is 396 g/mol. The highest BCUT2D eigenvalue weighted by Crippen LogP contribution is 2.38. The van der Waals surface area contributed by atoms with E-state index in [0.717, 1.165) is 16.5 Å². The van der Waals surface area contributed by atoms with Crippen molar-refractivity contribution < 1.29 is 14.1 Å². The van der Waals surface area contributed by atoms with Crippen LogP contribution in [0.5, 0.6) is 0 Å². The lowest BCUT2D eigenvalue weighted by Crippen LogP contribution is -2.27. The van der Waals surface area contributed by atoms with Crippen molar-refractivity contribution in [1.82, 2.24) is 0 Å². The molecule has 1 aliphatic heterocycles. The number of hydrogen-bond acceptors (Lipinski definition) is 6. The first-order valence-corrected chi connectivity index (χ1v) is 9.44. The van der Waals surface area contributed by atoms with Gasteiger partial charge in [-0.2, -0.15) is 0 Å². The van der Waals surface area contributed by atoms with Gasteiger partial charge in [-0.1, -0.05) is 66.5 Å². The van der Waals surface area contributed by atoms with Crippen molar-refractivity contribution >= 4 is 62.6 Å². The van der Waals surface area contributed by atoms with Crippen molar-refractivity contribution in [2.75, 3.05) is 4.90 Å². The van der Waals surface area contributed by atoms with Gasteiger partial charge in [0.2, 0.25) is 0 Å². The standard InChI is InChI=1S/C20H12N2O4S2/c23-19-17(10-4-7-14-11-12-18(26-14)22(24)25)28-20(27)21(19)16-9-3-6-13-5-1-2-8-15(13)16/h1-12H/b7-4+,17-10+. The van der Waals surface area contributed by atoms with Crippen LogP contribution in [0.15, 0.2) is 76.1 Å². The number of carbonyl (C=O) groups is 1. The molecule has 8 heteroatoms. The van der Waals surface area contributed by atoms with Crippen LogP contribution >= 0.6 is 24.0 Å². The third kappa shape index (κ3) is 3.35. The van der Waals surface area contributed by atoms with Gasteiger partial charge < -0.3 is 4.42 Å². The molecule has 6 nitrogen and oxygen atoms in total. The lowest BCUT2D eigenvalue weighted by atomic mass is 10.1. The van der Waals surface area contributed by atoms with Gasteiger partial charge >= 0.3 is 5.88 Å². The van der Waals surface area contributed by atoms with Crippen molar-refractivity contribution in [2.45, 2.75) is 0 Å². The maximum absolute atomic E-state index is 12.9. The first kappa shape index (κ1) is 18.1. The summed E-state index contributed by atoms with van der Waals surface area (Å²) in [5.41, 5.74) is 0.745. The average Bonchev–Trinajstić information content (AvgIpc) is 3.27. The Morgan fingerprint density at radius 1 is 1.11 bits per heavy atom. The highest BCUT2D eigenvalue weighted by molar-refractivity contribution is 8.27. The van der Waals surface area contributed by atoms with Gasteiger partial charge in [0, 0.05) is 5.39 Å². The topological polar surface area (TPSA) is 76.6 Å². The molecular formula is C20H12N2O4S2. The fourth-order valence-electron chi connectivity index (χ4n) is 2.85. The molecule has 1 aromatic heterocycles. The quantitative estimate of drug-likeness (QED) is 0.252. The number of nitro groups is 1. The summed E-state index contributed by atoms with van der Waals surface area (Å²) in [6, 6.07) is 16.3. The van der Waals surface area contributed by atoms with Crippen LogP contribution in [-0.4, -0.2) is 15.2 Å². The Hall–Kier alpha value is -3.23. The van der Waals surface area contributed by atoms with E-state index in [1.165, 1.54) is 28.8 Å². The van der Waals surface area contributed by atoms with Crippen molar-refractivity contribution in [2.24, 2.45) is 0 Å². The van der Waals surface area contributed by atoms with Crippen LogP contribution in [0.25, 0.3) is 16.8 Å². The molecule has 138 valence electrons. The number of fused-ring (bicyclic) bond motifs is 1. The van der Waals surface area contributed by atoms with E-state index in [9.17, 15) is 14.9 Å². The molecule has 4 rings (SSSR count). The smallest absolute Gasteiger partial charge is 0.401 e. The number of nitrogens with zero attached hydrogens (tertiary/aromatic N) is 2. The van der Waals surface area contributed by atoms with E-state index in [0.29, 0.717) is 15.0 Å². The summed E-state index contributed by atoms with van der Waals surface area (Å²) in [5.74, 6) is -0.212. The fourth-order valence-corrected chi connectivity index (χ4v) is 4.09. The van der Waals surface area contributed by atoms with E-state index in [1.807, 2.05) is 42.5 Å². The molecule has 2 heterocycles. The predicted octanol–water partition coefficient (Wildman–Crippen LogP) is 5.30. The predicted molar refractivity (Wildman–Crippen MR) is 114 cm³/mol. The van der Waals surface area contributed by atoms with Crippen LogP contribution in [0.3, 0.4) is 0 Å². The monoisotopic (exact) mass is 408 g/mol. The number of furan rings is 1. The minimum Gasteiger partial charge on any atom is -0.401 e. The molecule has 3 aromatic rings. The van der Waals surface area contributed by atoms with Gasteiger partial charge in [-0.25, -0.2) is 0 Å². The molecule has 0 saturated carbocycles. The van der Waals surface area contributed by atoms with Crippen LogP contribution in [0.2, 0.25) is 0 Å². The van der Waals surface area contributed by atoms with E-state index in [-0.39, 0.29) is 11.8 Å². The molecule has 28 heavy (non-hydrogen) atoms. The third-order valence-electron chi connectivity index (χ3n) is 4.10. The lowest BCUT2D eigenvalue weighted by molar-refractivity contribution is -0.402. The SMILES string of the molecule is O=C1/C(=C\C=C\c2ccc([N+](=O)[O-])o2)SC(=S)N1c1cccc2ccccc12. The van der Waals surface area contributed by atoms with E-state index < -0.39 is 4.92 Å². The molecule has 1 aliphatic rings. The van der Waals surface area contributed by atoms with Gasteiger partial charge in [-0.15, -0.1) is 0 Å². The van der Waals surface area contributed by atoms with Gasteiger partial charge in [0.1, 0.15) is 10.7 Å². The van der Waals surface area contributed by atoms with Gasteiger partial charge in [-0.3, -0.25) is 19.8 Å². The molecule has 0 radical (unpaired) electrons. The number of hydrogen-bond donors (Lipinski definition) is 0. The van der Waals surface area contributed by atoms with Gasteiger partial charge in [0.05, 0.1) is 16.7 Å². The highest BCUT2D eigenvalue weighted by Gasteiger charge is 2.33. The van der Waals surface area contributed by atoms with Crippen molar-refractivity contribution in [1.29, 1.82) is 0 Å². The molecule has 0 bridgehead atoms. The Kier molecular flexibility index (Phi) is 4.81. The van der Waals surface area contributed by atoms with Gasteiger partial charge in [0.15, 0.2) is 4.32 Å². The number of benzene rings is 2. The number of amides is 1. The molecule has 0 unspecified atom stereocenters. The molecule has 2 aromatic carbocycles. The van der Waals surface area contributed by atoms with Crippen molar-refractivity contribution in [3.63, 3.8) is 0 Å². The fraction of sp³-hybridized carbons (Fsp3) is 0. The zero-order valence-corrected chi connectivity index (χ0v) is 15.9. The number of allylic oxidation sites excluding steroid dienone is 2. The second kappa shape index (κ2) is 7.41. The van der Waals surface area contributed by atoms with Crippen LogP contribution in [0.1, 0.15) is 5.76 Å². The molecule has 0 atom stereocenters. The summed E-state index contributed by atoms with van der Waals surface area (Å²) in [6.45, 7) is 0. The molecule has 1 fully saturated rings. The minimum absolute atomic E-state index is 0.207. The lowest BCUT2D eigenvalue weighted by Gasteiger charge is -2.17. The van der Waals surface area contributed by atoms with Crippen LogP contribution in [0.4, 0.5) is 11.6 Å². The largest absolute Gasteiger partial charge is 0.433 e. The zero-order valence-electron chi connectivity index (χ0n) is 14.3. The molecule has 1 saturated heterocycles. The van der Waals surface area contributed by atoms with Crippen LogP contribution in [-0.2, 0) is 4.79 Å². The Bertz CT molecular complexity index is 1170. The Labute approximate surface area is 169 Å². The second-order valence-electron chi connectivity index (χ2n) is 5.83. The van der Waals surface area contributed by atoms with E-state index >= 15 is 0 Å². The zero-order chi connectivity index (χ0) is 19.7. The van der Waals surface area contributed by atoms with Crippen LogP contribution in [0, 0.1) is 10.1 Å². The van der Waals surface area contributed by atoms with E-state index in [1.54, 1.807) is 18.2 Å². The summed E-state index contributed by atoms with van der Waals surface area (Å²) in [6.07, 6.45) is 4.79. The Morgan fingerprint density at radius 3 is 2.68 bits per heavy atom.